The molecule has 3 aliphatic heterocycles. The summed E-state index contributed by atoms with van der Waals surface area (Å²) in [6.07, 6.45) is 3.59. The molecule has 6 rings (SSSR count). The van der Waals surface area contributed by atoms with Crippen LogP contribution in [0.3, 0.4) is 0 Å². The first kappa shape index (κ1) is 37.7. The van der Waals surface area contributed by atoms with E-state index in [2.05, 4.69) is 159 Å². The van der Waals surface area contributed by atoms with Gasteiger partial charge in [0.2, 0.25) is 0 Å². The number of piperazine rings is 3. The summed E-state index contributed by atoms with van der Waals surface area (Å²) in [5.41, 5.74) is 10.1. The number of likely N-dealkylation sites (N-methyl/N-ethyl adjacent to an activating group) is 3. The van der Waals surface area contributed by atoms with Crippen LogP contribution in [0.4, 0.5) is 17.1 Å². The third kappa shape index (κ3) is 8.95. The van der Waals surface area contributed by atoms with Gasteiger partial charge in [-0.15, -0.1) is 0 Å². The van der Waals surface area contributed by atoms with Crippen molar-refractivity contribution >= 4 is 17.1 Å². The Hall–Kier alpha value is -3.06. The van der Waals surface area contributed by atoms with E-state index < -0.39 is 0 Å². The van der Waals surface area contributed by atoms with Gasteiger partial charge in [-0.2, -0.15) is 0 Å². The molecule has 6 heteroatoms. The Morgan fingerprint density at radius 3 is 1.80 bits per heavy atom. The predicted molar refractivity (Wildman–Crippen MR) is 220 cm³/mol. The van der Waals surface area contributed by atoms with Crippen molar-refractivity contribution in [3.63, 3.8) is 0 Å². The van der Waals surface area contributed by atoms with E-state index in [0.717, 1.165) is 65.4 Å². The van der Waals surface area contributed by atoms with Gasteiger partial charge < -0.3 is 19.6 Å². The van der Waals surface area contributed by atoms with Crippen molar-refractivity contribution in [1.29, 1.82) is 0 Å². The van der Waals surface area contributed by atoms with Crippen LogP contribution in [0.5, 0.6) is 0 Å². The van der Waals surface area contributed by atoms with Gasteiger partial charge in [0.15, 0.2) is 0 Å². The maximum absolute atomic E-state index is 2.65. The number of hydrogen-bond donors (Lipinski definition) is 0. The molecule has 3 heterocycles. The highest BCUT2D eigenvalue weighted by Crippen LogP contribution is 2.34. The zero-order chi connectivity index (χ0) is 36.3. The van der Waals surface area contributed by atoms with Crippen LogP contribution in [-0.2, 0) is 0 Å². The summed E-state index contributed by atoms with van der Waals surface area (Å²) in [4.78, 5) is 15.5. The van der Waals surface area contributed by atoms with Gasteiger partial charge >= 0.3 is 0 Å². The number of aryl methyl sites for hydroxylation is 1. The summed E-state index contributed by atoms with van der Waals surface area (Å²) in [6, 6.07) is 26.7. The fraction of sp³-hybridized carbons (Fsp3) is 0.600. The highest BCUT2D eigenvalue weighted by Gasteiger charge is 2.40. The summed E-state index contributed by atoms with van der Waals surface area (Å²) < 4.78 is 0. The normalized spacial score (nSPS) is 24.0. The van der Waals surface area contributed by atoms with E-state index in [-0.39, 0.29) is 5.54 Å². The Bertz CT molecular complexity index is 1540. The molecule has 6 nitrogen and oxygen atoms in total. The number of hydrogen-bond acceptors (Lipinski definition) is 6. The van der Waals surface area contributed by atoms with Gasteiger partial charge in [0.05, 0.1) is 0 Å². The molecule has 0 aromatic heterocycles. The van der Waals surface area contributed by atoms with Crippen LogP contribution in [0.25, 0.3) is 0 Å². The molecule has 0 saturated carbocycles. The standard InChI is InChI=1S/C45H68N6/c1-34(2)38-12-17-41(18-13-38)50-28-24-47(8)43(32-50)31-45(6)33-51(29-25-48(45)9)42-19-14-39(15-20-42)35(3)10-11-36(4)40-16-21-44(37(5)30-40)49-26-22-46(7)23-27-49/h12-21,30,34-36,43H,10-11,22-29,31-33H2,1-9H3. The summed E-state index contributed by atoms with van der Waals surface area (Å²) in [5, 5.41) is 0. The minimum Gasteiger partial charge on any atom is -0.369 e. The minimum absolute atomic E-state index is 0.116. The molecule has 0 N–H and O–H groups in total. The largest absolute Gasteiger partial charge is 0.369 e. The molecule has 3 aromatic rings. The quantitative estimate of drug-likeness (QED) is 0.200. The average molecular weight is 693 g/mol. The summed E-state index contributed by atoms with van der Waals surface area (Å²) in [5.74, 6) is 1.69. The van der Waals surface area contributed by atoms with E-state index in [4.69, 9.17) is 0 Å². The topological polar surface area (TPSA) is 19.4 Å². The van der Waals surface area contributed by atoms with Crippen LogP contribution in [0.1, 0.15) is 93.9 Å². The summed E-state index contributed by atoms with van der Waals surface area (Å²) >= 11 is 0. The Morgan fingerprint density at radius 2 is 1.18 bits per heavy atom. The Kier molecular flexibility index (Phi) is 12.1. The van der Waals surface area contributed by atoms with E-state index in [9.17, 15) is 0 Å². The van der Waals surface area contributed by atoms with Crippen LogP contribution in [0.15, 0.2) is 66.7 Å². The van der Waals surface area contributed by atoms with Crippen molar-refractivity contribution < 1.29 is 0 Å². The molecule has 3 fully saturated rings. The molecule has 278 valence electrons. The zero-order valence-electron chi connectivity index (χ0n) is 33.5. The monoisotopic (exact) mass is 693 g/mol. The Balaban J connectivity index is 1.03. The zero-order valence-corrected chi connectivity index (χ0v) is 33.5. The van der Waals surface area contributed by atoms with Crippen LogP contribution in [-0.4, -0.2) is 113 Å². The molecule has 0 spiro atoms. The lowest BCUT2D eigenvalue weighted by Crippen LogP contribution is -2.63. The first-order chi connectivity index (χ1) is 24.4. The number of anilines is 3. The Morgan fingerprint density at radius 1 is 0.627 bits per heavy atom. The summed E-state index contributed by atoms with van der Waals surface area (Å²) in [6.45, 7) is 25.3. The molecule has 4 atom stereocenters. The van der Waals surface area contributed by atoms with E-state index in [1.165, 1.54) is 58.6 Å². The molecule has 0 bridgehead atoms. The van der Waals surface area contributed by atoms with Crippen LogP contribution < -0.4 is 14.7 Å². The molecule has 3 aromatic carbocycles. The first-order valence-corrected chi connectivity index (χ1v) is 20.1. The third-order valence-electron chi connectivity index (χ3n) is 13.0. The fourth-order valence-electron chi connectivity index (χ4n) is 8.81. The fourth-order valence-corrected chi connectivity index (χ4v) is 8.81. The van der Waals surface area contributed by atoms with E-state index >= 15 is 0 Å². The van der Waals surface area contributed by atoms with Crippen molar-refractivity contribution in [3.05, 3.63) is 89.0 Å². The lowest BCUT2D eigenvalue weighted by Gasteiger charge is -2.52. The maximum Gasteiger partial charge on any atom is 0.0397 e. The second-order valence-corrected chi connectivity index (χ2v) is 17.2. The number of benzene rings is 3. The Labute approximate surface area is 311 Å². The molecule has 3 saturated heterocycles. The molecule has 0 amide bonds. The average Bonchev–Trinajstić information content (AvgIpc) is 3.13. The summed E-state index contributed by atoms with van der Waals surface area (Å²) in [7, 11) is 6.91. The maximum atomic E-state index is 2.65. The molecule has 51 heavy (non-hydrogen) atoms. The highest BCUT2D eigenvalue weighted by molar-refractivity contribution is 5.55. The third-order valence-corrected chi connectivity index (χ3v) is 13.0. The van der Waals surface area contributed by atoms with Gasteiger partial charge in [-0.1, -0.05) is 64.1 Å². The van der Waals surface area contributed by atoms with Gasteiger partial charge in [-0.25, -0.2) is 0 Å². The highest BCUT2D eigenvalue weighted by atomic mass is 15.3. The molecular weight excluding hydrogens is 625 g/mol. The molecule has 0 aliphatic carbocycles. The second kappa shape index (κ2) is 16.3. The van der Waals surface area contributed by atoms with Gasteiger partial charge in [0.25, 0.3) is 0 Å². The van der Waals surface area contributed by atoms with E-state index in [1.54, 1.807) is 0 Å². The minimum atomic E-state index is 0.116. The van der Waals surface area contributed by atoms with Gasteiger partial charge in [-0.3, -0.25) is 9.80 Å². The first-order valence-electron chi connectivity index (χ1n) is 20.1. The van der Waals surface area contributed by atoms with E-state index in [1.807, 2.05) is 0 Å². The molecular formula is C45H68N6. The predicted octanol–water partition coefficient (Wildman–Crippen LogP) is 8.28. The van der Waals surface area contributed by atoms with Crippen LogP contribution in [0.2, 0.25) is 0 Å². The molecule has 0 radical (unpaired) electrons. The SMILES string of the molecule is Cc1cc(C(C)CCC(C)c2ccc(N3CCN(C)C(C)(CC4CN(c5ccc(C(C)C)cc5)CCN4C)C3)cc2)ccc1N1CCN(C)CC1. The van der Waals surface area contributed by atoms with Crippen LogP contribution >= 0.6 is 0 Å². The van der Waals surface area contributed by atoms with Crippen LogP contribution in [0, 0.1) is 6.92 Å². The van der Waals surface area contributed by atoms with Crippen molar-refractivity contribution in [3.8, 4) is 0 Å². The second-order valence-electron chi connectivity index (χ2n) is 17.2. The lowest BCUT2D eigenvalue weighted by molar-refractivity contribution is 0.0702. The number of nitrogens with zero attached hydrogens (tertiary/aromatic N) is 6. The van der Waals surface area contributed by atoms with E-state index in [0.29, 0.717) is 23.8 Å². The van der Waals surface area contributed by atoms with Gasteiger partial charge in [0.1, 0.15) is 0 Å². The lowest BCUT2D eigenvalue weighted by atomic mass is 9.86. The van der Waals surface area contributed by atoms with Gasteiger partial charge in [0, 0.05) is 94.1 Å². The molecule has 4 unspecified atom stereocenters. The van der Waals surface area contributed by atoms with Crippen molar-refractivity contribution in [2.24, 2.45) is 0 Å². The number of rotatable bonds is 11. The van der Waals surface area contributed by atoms with Gasteiger partial charge in [-0.05, 0) is 125 Å². The molecule has 3 aliphatic rings. The van der Waals surface area contributed by atoms with Crippen molar-refractivity contribution in [2.75, 3.05) is 101 Å². The van der Waals surface area contributed by atoms with Crippen molar-refractivity contribution in [2.45, 2.75) is 90.1 Å². The smallest absolute Gasteiger partial charge is 0.0397 e. The van der Waals surface area contributed by atoms with Crippen molar-refractivity contribution in [1.82, 2.24) is 14.7 Å².